The molecule has 145 valence electrons. The summed E-state index contributed by atoms with van der Waals surface area (Å²) in [5.41, 5.74) is 0.785. The molecule has 1 aromatic rings. The van der Waals surface area contributed by atoms with Crippen LogP contribution in [0.1, 0.15) is 44.6 Å². The Balaban J connectivity index is 1.36. The Morgan fingerprint density at radius 1 is 1.04 bits per heavy atom. The van der Waals surface area contributed by atoms with E-state index in [0.717, 1.165) is 24.7 Å². The molecule has 5 heteroatoms. The van der Waals surface area contributed by atoms with Crippen LogP contribution in [0, 0.1) is 23.5 Å². The summed E-state index contributed by atoms with van der Waals surface area (Å²) in [6.45, 7) is 3.85. The Morgan fingerprint density at radius 3 is 2.42 bits per heavy atom. The summed E-state index contributed by atoms with van der Waals surface area (Å²) < 4.78 is 38.1. The fraction of sp³-hybridized carbons (Fsp3) is 0.714. The normalized spacial score (nSPS) is 25.5. The number of rotatable bonds is 7. The third-order valence-electron chi connectivity index (χ3n) is 5.93. The van der Waals surface area contributed by atoms with E-state index in [2.05, 4.69) is 6.92 Å². The molecular weight excluding hydrogens is 350 g/mol. The molecule has 0 bridgehead atoms. The van der Waals surface area contributed by atoms with E-state index in [-0.39, 0.29) is 15.1 Å². The van der Waals surface area contributed by atoms with E-state index in [1.807, 2.05) is 0 Å². The molecule has 0 aliphatic carbocycles. The van der Waals surface area contributed by atoms with Crippen molar-refractivity contribution < 1.29 is 18.3 Å². The van der Waals surface area contributed by atoms with Gasteiger partial charge in [0.25, 0.3) is 0 Å². The van der Waals surface area contributed by atoms with Gasteiger partial charge in [0.15, 0.2) is 17.9 Å². The van der Waals surface area contributed by atoms with Crippen LogP contribution in [0.15, 0.2) is 18.2 Å². The van der Waals surface area contributed by atoms with E-state index in [9.17, 15) is 8.78 Å². The van der Waals surface area contributed by atoms with Gasteiger partial charge in [-0.3, -0.25) is 0 Å². The van der Waals surface area contributed by atoms with Crippen molar-refractivity contribution in [1.82, 2.24) is 0 Å². The molecule has 3 rings (SSSR count). The number of unbranched alkanes of at least 4 members (excludes halogenated alkanes) is 1. The van der Waals surface area contributed by atoms with Crippen molar-refractivity contribution in [2.45, 2.75) is 69.9 Å². The minimum Gasteiger partial charge on any atom is -0.352 e. The second-order valence-electron chi connectivity index (χ2n) is 7.83. The molecule has 0 unspecified atom stereocenters. The van der Waals surface area contributed by atoms with Gasteiger partial charge in [0.2, 0.25) is 0 Å². The lowest BCUT2D eigenvalue weighted by molar-refractivity contribution is -0.210. The highest BCUT2D eigenvalue weighted by atomic mass is 28.3. The van der Waals surface area contributed by atoms with Crippen molar-refractivity contribution in [2.75, 3.05) is 13.2 Å². The quantitative estimate of drug-likeness (QED) is 0.573. The van der Waals surface area contributed by atoms with E-state index in [0.29, 0.717) is 18.8 Å². The Kier molecular flexibility index (Phi) is 7.64. The number of benzene rings is 1. The molecule has 0 saturated carbocycles. The van der Waals surface area contributed by atoms with E-state index >= 15 is 0 Å². The first-order chi connectivity index (χ1) is 12.7. The van der Waals surface area contributed by atoms with Crippen LogP contribution in [0.25, 0.3) is 0 Å². The van der Waals surface area contributed by atoms with Gasteiger partial charge in [-0.2, -0.15) is 0 Å². The first-order valence-electron chi connectivity index (χ1n) is 10.2. The molecule has 2 nitrogen and oxygen atoms in total. The summed E-state index contributed by atoms with van der Waals surface area (Å²) >= 11 is 0. The van der Waals surface area contributed by atoms with Crippen molar-refractivity contribution in [3.63, 3.8) is 0 Å². The SMILES string of the molecule is CCCC[Si]1CCC(C2COC(CCc3ccc(F)c(F)c3)OC2)CC1. The molecule has 0 aromatic heterocycles. The lowest BCUT2D eigenvalue weighted by atomic mass is 9.88. The van der Waals surface area contributed by atoms with Crippen LogP contribution in [-0.4, -0.2) is 28.3 Å². The summed E-state index contributed by atoms with van der Waals surface area (Å²) in [6, 6.07) is 8.50. The molecule has 0 amide bonds. The molecule has 0 atom stereocenters. The predicted molar refractivity (Wildman–Crippen MR) is 102 cm³/mol. The third kappa shape index (κ3) is 5.60. The Bertz CT molecular complexity index is 553. The largest absolute Gasteiger partial charge is 0.352 e. The van der Waals surface area contributed by atoms with Crippen molar-refractivity contribution in [2.24, 2.45) is 11.8 Å². The maximum Gasteiger partial charge on any atom is 0.159 e. The monoisotopic (exact) mass is 381 g/mol. The fourth-order valence-corrected chi connectivity index (χ4v) is 7.33. The molecule has 2 fully saturated rings. The lowest BCUT2D eigenvalue weighted by Gasteiger charge is -2.37. The maximum absolute atomic E-state index is 13.3. The van der Waals surface area contributed by atoms with Gasteiger partial charge < -0.3 is 9.47 Å². The maximum atomic E-state index is 13.3. The van der Waals surface area contributed by atoms with Gasteiger partial charge in [-0.15, -0.1) is 0 Å². The molecule has 1 aromatic carbocycles. The lowest BCUT2D eigenvalue weighted by Crippen LogP contribution is -2.38. The average molecular weight is 382 g/mol. The number of aryl methyl sites for hydroxylation is 1. The molecule has 2 heterocycles. The van der Waals surface area contributed by atoms with E-state index in [4.69, 9.17) is 9.47 Å². The van der Waals surface area contributed by atoms with Crippen LogP contribution in [-0.2, 0) is 15.9 Å². The molecule has 0 spiro atoms. The Hall–Kier alpha value is -0.783. The van der Waals surface area contributed by atoms with Crippen LogP contribution in [0.5, 0.6) is 0 Å². The second-order valence-corrected chi connectivity index (χ2v) is 10.8. The number of hydrogen-bond donors (Lipinski definition) is 0. The van der Waals surface area contributed by atoms with Crippen molar-refractivity contribution in [1.29, 1.82) is 0 Å². The van der Waals surface area contributed by atoms with Crippen LogP contribution in [0.2, 0.25) is 18.1 Å². The first kappa shape index (κ1) is 20.0. The van der Waals surface area contributed by atoms with Gasteiger partial charge in [-0.1, -0.05) is 56.8 Å². The van der Waals surface area contributed by atoms with E-state index in [1.54, 1.807) is 6.07 Å². The summed E-state index contributed by atoms with van der Waals surface area (Å²) in [5, 5.41) is 0. The highest BCUT2D eigenvalue weighted by molar-refractivity contribution is 6.58. The molecule has 1 radical (unpaired) electrons. The summed E-state index contributed by atoms with van der Waals surface area (Å²) in [7, 11) is -0.0758. The van der Waals surface area contributed by atoms with E-state index < -0.39 is 11.6 Å². The zero-order valence-electron chi connectivity index (χ0n) is 15.8. The summed E-state index contributed by atoms with van der Waals surface area (Å²) in [5.74, 6) is -0.291. The number of ether oxygens (including phenoxy) is 2. The molecule has 2 saturated heterocycles. The first-order valence-corrected chi connectivity index (χ1v) is 12.3. The minimum atomic E-state index is -0.798. The molecule has 26 heavy (non-hydrogen) atoms. The Labute approximate surface area is 157 Å². The highest BCUT2D eigenvalue weighted by Gasteiger charge is 2.32. The predicted octanol–water partition coefficient (Wildman–Crippen LogP) is 5.59. The van der Waals surface area contributed by atoms with Gasteiger partial charge >= 0.3 is 0 Å². The molecule has 2 aliphatic heterocycles. The van der Waals surface area contributed by atoms with Crippen molar-refractivity contribution in [3.8, 4) is 0 Å². The van der Waals surface area contributed by atoms with Crippen LogP contribution in [0.3, 0.4) is 0 Å². The van der Waals surface area contributed by atoms with Gasteiger partial charge in [0, 0.05) is 21.1 Å². The second kappa shape index (κ2) is 9.95. The smallest absolute Gasteiger partial charge is 0.159 e. The standard InChI is InChI=1S/C21H31F2O2Si/c1-2-3-10-26-11-8-17(9-12-26)18-14-24-21(25-15-18)7-5-16-4-6-19(22)20(23)13-16/h4,6,13,17-18,21H,2-3,5,7-12,14-15H2,1H3. The summed E-state index contributed by atoms with van der Waals surface area (Å²) in [4.78, 5) is 0. The van der Waals surface area contributed by atoms with E-state index in [1.165, 1.54) is 55.9 Å². The van der Waals surface area contributed by atoms with Crippen LogP contribution in [0.4, 0.5) is 8.78 Å². The molecule has 0 N–H and O–H groups in total. The van der Waals surface area contributed by atoms with Gasteiger partial charge in [0.1, 0.15) is 0 Å². The third-order valence-corrected chi connectivity index (χ3v) is 8.99. The average Bonchev–Trinajstić information content (AvgIpc) is 2.68. The number of halogens is 2. The summed E-state index contributed by atoms with van der Waals surface area (Å²) in [6.07, 6.45) is 6.56. The van der Waals surface area contributed by atoms with Crippen LogP contribution < -0.4 is 0 Å². The molecular formula is C21H31F2O2Si. The van der Waals surface area contributed by atoms with Crippen molar-refractivity contribution in [3.05, 3.63) is 35.4 Å². The van der Waals surface area contributed by atoms with Gasteiger partial charge in [-0.25, -0.2) is 8.78 Å². The van der Waals surface area contributed by atoms with Crippen molar-refractivity contribution >= 4 is 8.80 Å². The zero-order chi connectivity index (χ0) is 18.4. The van der Waals surface area contributed by atoms with Gasteiger partial charge in [0.05, 0.1) is 13.2 Å². The minimum absolute atomic E-state index is 0.0758. The van der Waals surface area contributed by atoms with Gasteiger partial charge in [-0.05, 0) is 30.0 Å². The molecule has 2 aliphatic rings. The zero-order valence-corrected chi connectivity index (χ0v) is 16.8. The number of hydrogen-bond acceptors (Lipinski definition) is 2. The van der Waals surface area contributed by atoms with Crippen LogP contribution >= 0.6 is 0 Å². The highest BCUT2D eigenvalue weighted by Crippen LogP contribution is 2.35. The Morgan fingerprint density at radius 2 is 1.77 bits per heavy atom. The fourth-order valence-electron chi connectivity index (χ4n) is 4.17. The topological polar surface area (TPSA) is 18.5 Å².